The summed E-state index contributed by atoms with van der Waals surface area (Å²) in [5, 5.41) is 3.38. The zero-order valence-corrected chi connectivity index (χ0v) is 13.2. The average Bonchev–Trinajstić information content (AvgIpc) is 2.48. The van der Waals surface area contributed by atoms with Gasteiger partial charge in [0.05, 0.1) is 10.2 Å². The van der Waals surface area contributed by atoms with Crippen LogP contribution < -0.4 is 10.1 Å². The Morgan fingerprint density at radius 2 is 2.15 bits per heavy atom. The molecule has 0 unspecified atom stereocenters. The first-order chi connectivity index (χ1) is 9.79. The lowest BCUT2D eigenvalue weighted by molar-refractivity contribution is 0.299. The molecule has 3 nitrogen and oxygen atoms in total. The predicted octanol–water partition coefficient (Wildman–Crippen LogP) is 3.92. The molecule has 4 heteroatoms. The smallest absolute Gasteiger partial charge is 0.134 e. The molecule has 0 aliphatic carbocycles. The van der Waals surface area contributed by atoms with E-state index in [1.807, 2.05) is 24.3 Å². The van der Waals surface area contributed by atoms with Crippen LogP contribution >= 0.6 is 15.9 Å². The van der Waals surface area contributed by atoms with Crippen LogP contribution in [0.25, 0.3) is 0 Å². The van der Waals surface area contributed by atoms with E-state index in [4.69, 9.17) is 4.74 Å². The fraction of sp³-hybridized carbons (Fsp3) is 0.312. The zero-order chi connectivity index (χ0) is 14.2. The molecule has 0 aliphatic rings. The molecule has 0 bridgehead atoms. The molecule has 20 heavy (non-hydrogen) atoms. The Morgan fingerprint density at radius 1 is 1.25 bits per heavy atom. The summed E-state index contributed by atoms with van der Waals surface area (Å²) in [6.45, 7) is 4.56. The number of halogens is 1. The van der Waals surface area contributed by atoms with Crippen LogP contribution in [0.4, 0.5) is 0 Å². The van der Waals surface area contributed by atoms with Gasteiger partial charge in [-0.2, -0.15) is 0 Å². The predicted molar refractivity (Wildman–Crippen MR) is 84.7 cm³/mol. The SMILES string of the molecule is CCCNCc1ccc(OCc2ccccn2)c(Br)c1. The third kappa shape index (κ3) is 4.62. The van der Waals surface area contributed by atoms with Crippen molar-refractivity contribution in [2.24, 2.45) is 0 Å². The number of nitrogens with zero attached hydrogens (tertiary/aromatic N) is 1. The van der Waals surface area contributed by atoms with E-state index < -0.39 is 0 Å². The Balaban J connectivity index is 1.92. The van der Waals surface area contributed by atoms with Crippen LogP contribution in [0.5, 0.6) is 5.75 Å². The van der Waals surface area contributed by atoms with Crippen LogP contribution in [0.2, 0.25) is 0 Å². The number of rotatable bonds is 7. The van der Waals surface area contributed by atoms with Gasteiger partial charge in [-0.25, -0.2) is 0 Å². The van der Waals surface area contributed by atoms with E-state index >= 15 is 0 Å². The highest BCUT2D eigenvalue weighted by Gasteiger charge is 2.03. The highest BCUT2D eigenvalue weighted by molar-refractivity contribution is 9.10. The van der Waals surface area contributed by atoms with Crippen LogP contribution in [0, 0.1) is 0 Å². The van der Waals surface area contributed by atoms with Gasteiger partial charge in [-0.05, 0) is 58.7 Å². The summed E-state index contributed by atoms with van der Waals surface area (Å²) in [5.41, 5.74) is 2.17. The van der Waals surface area contributed by atoms with Crippen molar-refractivity contribution in [3.63, 3.8) is 0 Å². The van der Waals surface area contributed by atoms with Gasteiger partial charge in [0.25, 0.3) is 0 Å². The molecular formula is C16H19BrN2O. The molecule has 0 fully saturated rings. The molecule has 0 saturated carbocycles. The van der Waals surface area contributed by atoms with E-state index in [0.29, 0.717) is 6.61 Å². The van der Waals surface area contributed by atoms with Gasteiger partial charge in [-0.15, -0.1) is 0 Å². The van der Waals surface area contributed by atoms with Gasteiger partial charge in [0.1, 0.15) is 12.4 Å². The maximum absolute atomic E-state index is 5.77. The largest absolute Gasteiger partial charge is 0.486 e. The molecule has 0 amide bonds. The third-order valence-corrected chi connectivity index (χ3v) is 3.47. The number of hydrogen-bond acceptors (Lipinski definition) is 3. The molecule has 0 saturated heterocycles. The van der Waals surface area contributed by atoms with Crippen LogP contribution in [-0.4, -0.2) is 11.5 Å². The van der Waals surface area contributed by atoms with Crippen molar-refractivity contribution in [2.75, 3.05) is 6.54 Å². The minimum atomic E-state index is 0.479. The van der Waals surface area contributed by atoms with E-state index in [0.717, 1.165) is 35.4 Å². The van der Waals surface area contributed by atoms with Crippen molar-refractivity contribution in [1.29, 1.82) is 0 Å². The van der Waals surface area contributed by atoms with Gasteiger partial charge in [0.2, 0.25) is 0 Å². The Bertz CT molecular complexity index is 531. The second kappa shape index (κ2) is 8.02. The van der Waals surface area contributed by atoms with Gasteiger partial charge in [-0.3, -0.25) is 4.98 Å². The quantitative estimate of drug-likeness (QED) is 0.779. The summed E-state index contributed by atoms with van der Waals surface area (Å²) in [5.74, 6) is 0.842. The average molecular weight is 335 g/mol. The van der Waals surface area contributed by atoms with Crippen molar-refractivity contribution in [2.45, 2.75) is 26.5 Å². The molecule has 0 radical (unpaired) electrons. The lowest BCUT2D eigenvalue weighted by Crippen LogP contribution is -2.13. The lowest BCUT2D eigenvalue weighted by Gasteiger charge is -2.10. The van der Waals surface area contributed by atoms with Gasteiger partial charge in [0.15, 0.2) is 0 Å². The second-order valence-electron chi connectivity index (χ2n) is 4.55. The number of benzene rings is 1. The number of ether oxygens (including phenoxy) is 1. The zero-order valence-electron chi connectivity index (χ0n) is 11.6. The molecule has 0 atom stereocenters. The topological polar surface area (TPSA) is 34.1 Å². The van der Waals surface area contributed by atoms with E-state index in [9.17, 15) is 0 Å². The fourth-order valence-corrected chi connectivity index (χ4v) is 2.36. The Labute approximate surface area is 128 Å². The van der Waals surface area contributed by atoms with Crippen molar-refractivity contribution in [1.82, 2.24) is 10.3 Å². The fourth-order valence-electron chi connectivity index (χ4n) is 1.82. The van der Waals surface area contributed by atoms with Crippen molar-refractivity contribution in [3.05, 3.63) is 58.3 Å². The molecule has 2 rings (SSSR count). The first-order valence-electron chi connectivity index (χ1n) is 6.81. The number of hydrogen-bond donors (Lipinski definition) is 1. The Morgan fingerprint density at radius 3 is 2.85 bits per heavy atom. The summed E-state index contributed by atoms with van der Waals surface area (Å²) in [6, 6.07) is 12.0. The van der Waals surface area contributed by atoms with E-state index in [1.54, 1.807) is 6.20 Å². The first-order valence-corrected chi connectivity index (χ1v) is 7.60. The van der Waals surface area contributed by atoms with E-state index in [1.165, 1.54) is 5.56 Å². The number of pyridine rings is 1. The van der Waals surface area contributed by atoms with Crippen molar-refractivity contribution >= 4 is 15.9 Å². The molecular weight excluding hydrogens is 316 g/mol. The summed E-state index contributed by atoms with van der Waals surface area (Å²) in [4.78, 5) is 4.24. The highest BCUT2D eigenvalue weighted by atomic mass is 79.9. The maximum atomic E-state index is 5.77. The van der Waals surface area contributed by atoms with Gasteiger partial charge < -0.3 is 10.1 Å². The second-order valence-corrected chi connectivity index (χ2v) is 5.41. The van der Waals surface area contributed by atoms with Gasteiger partial charge >= 0.3 is 0 Å². The Kier molecular flexibility index (Phi) is 6.02. The minimum absolute atomic E-state index is 0.479. The van der Waals surface area contributed by atoms with Crippen LogP contribution in [0.1, 0.15) is 24.6 Å². The van der Waals surface area contributed by atoms with Crippen LogP contribution in [-0.2, 0) is 13.2 Å². The standard InChI is InChI=1S/C16H19BrN2O/c1-2-8-18-11-13-6-7-16(15(17)10-13)20-12-14-5-3-4-9-19-14/h3-7,9-10,18H,2,8,11-12H2,1H3. The monoisotopic (exact) mass is 334 g/mol. The van der Waals surface area contributed by atoms with Crippen molar-refractivity contribution < 1.29 is 4.74 Å². The molecule has 1 heterocycles. The van der Waals surface area contributed by atoms with Gasteiger partial charge in [-0.1, -0.05) is 19.1 Å². The normalized spacial score (nSPS) is 10.5. The van der Waals surface area contributed by atoms with Gasteiger partial charge in [0, 0.05) is 12.7 Å². The summed E-state index contributed by atoms with van der Waals surface area (Å²) in [7, 11) is 0. The molecule has 0 aliphatic heterocycles. The molecule has 2 aromatic rings. The number of aromatic nitrogens is 1. The molecule has 1 aromatic carbocycles. The molecule has 1 aromatic heterocycles. The van der Waals surface area contributed by atoms with Crippen molar-refractivity contribution in [3.8, 4) is 5.75 Å². The van der Waals surface area contributed by atoms with E-state index in [2.05, 4.69) is 45.3 Å². The summed E-state index contributed by atoms with van der Waals surface area (Å²) >= 11 is 3.56. The molecule has 0 spiro atoms. The molecule has 106 valence electrons. The summed E-state index contributed by atoms with van der Waals surface area (Å²) in [6.07, 6.45) is 2.92. The third-order valence-electron chi connectivity index (χ3n) is 2.85. The lowest BCUT2D eigenvalue weighted by atomic mass is 10.2. The van der Waals surface area contributed by atoms with E-state index in [-0.39, 0.29) is 0 Å². The number of nitrogens with one attached hydrogen (secondary N) is 1. The van der Waals surface area contributed by atoms with Crippen LogP contribution in [0.3, 0.4) is 0 Å². The Hall–Kier alpha value is -1.39. The maximum Gasteiger partial charge on any atom is 0.134 e. The molecule has 1 N–H and O–H groups in total. The first kappa shape index (κ1) is 15.0. The minimum Gasteiger partial charge on any atom is -0.486 e. The van der Waals surface area contributed by atoms with Crippen LogP contribution in [0.15, 0.2) is 47.1 Å². The highest BCUT2D eigenvalue weighted by Crippen LogP contribution is 2.26. The summed E-state index contributed by atoms with van der Waals surface area (Å²) < 4.78 is 6.75.